The fourth-order valence-corrected chi connectivity index (χ4v) is 2.31. The molecule has 0 aliphatic heterocycles. The molecule has 0 aliphatic rings. The molecular formula is C17H18N2O2S. The Morgan fingerprint density at radius 2 is 2.18 bits per heavy atom. The summed E-state index contributed by atoms with van der Waals surface area (Å²) in [6, 6.07) is 7.55. The van der Waals surface area contributed by atoms with E-state index in [0.717, 1.165) is 22.0 Å². The Morgan fingerprint density at radius 3 is 2.82 bits per heavy atom. The Kier molecular flexibility index (Phi) is 5.91. The fourth-order valence-electron chi connectivity index (χ4n) is 1.71. The Morgan fingerprint density at radius 1 is 1.41 bits per heavy atom. The molecule has 0 bridgehead atoms. The molecule has 4 nitrogen and oxygen atoms in total. The summed E-state index contributed by atoms with van der Waals surface area (Å²) in [5.74, 6) is 0.637. The van der Waals surface area contributed by atoms with Gasteiger partial charge in [0.2, 0.25) is 5.91 Å². The van der Waals surface area contributed by atoms with Gasteiger partial charge in [0.25, 0.3) is 0 Å². The zero-order chi connectivity index (χ0) is 15.8. The molecule has 0 saturated heterocycles. The first-order valence-electron chi connectivity index (χ1n) is 6.88. The molecule has 1 amide bonds. The van der Waals surface area contributed by atoms with Crippen molar-refractivity contribution in [3.8, 4) is 5.75 Å². The van der Waals surface area contributed by atoms with Crippen LogP contribution in [0.2, 0.25) is 0 Å². The predicted molar refractivity (Wildman–Crippen MR) is 89.9 cm³/mol. The molecular weight excluding hydrogens is 296 g/mol. The van der Waals surface area contributed by atoms with Crippen molar-refractivity contribution in [3.63, 3.8) is 0 Å². The molecule has 0 saturated carbocycles. The van der Waals surface area contributed by atoms with E-state index in [-0.39, 0.29) is 5.91 Å². The topological polar surface area (TPSA) is 51.2 Å². The second-order valence-corrected chi connectivity index (χ2v) is 5.64. The Bertz CT molecular complexity index is 660. The third-order valence-corrected chi connectivity index (χ3v) is 3.60. The Labute approximate surface area is 134 Å². The van der Waals surface area contributed by atoms with Crippen molar-refractivity contribution < 1.29 is 9.53 Å². The number of nitrogens with one attached hydrogen (secondary N) is 1. The summed E-state index contributed by atoms with van der Waals surface area (Å²) in [6.45, 7) is 6.44. The standard InChI is InChI=1S/C17H18N2O2S/c1-3-10-18-17(20)9-6-14-4-7-16(8-5-14)21-11-15-12-22-13(2)19-15/h3-9,12H,1,10-11H2,2H3,(H,18,20)/b9-6+. The second kappa shape index (κ2) is 8.14. The van der Waals surface area contributed by atoms with Gasteiger partial charge in [-0.1, -0.05) is 18.2 Å². The molecule has 1 aromatic carbocycles. The summed E-state index contributed by atoms with van der Waals surface area (Å²) < 4.78 is 5.67. The van der Waals surface area contributed by atoms with Crippen molar-refractivity contribution in [2.24, 2.45) is 0 Å². The van der Waals surface area contributed by atoms with Crippen LogP contribution in [0.4, 0.5) is 0 Å². The van der Waals surface area contributed by atoms with E-state index in [1.807, 2.05) is 36.6 Å². The van der Waals surface area contributed by atoms with Gasteiger partial charge in [-0.2, -0.15) is 0 Å². The molecule has 2 rings (SSSR count). The lowest BCUT2D eigenvalue weighted by Crippen LogP contribution is -2.20. The molecule has 114 valence electrons. The number of nitrogens with zero attached hydrogens (tertiary/aromatic N) is 1. The highest BCUT2D eigenvalue weighted by Gasteiger charge is 2.00. The number of carbonyl (C=O) groups is 1. The highest BCUT2D eigenvalue weighted by Crippen LogP contribution is 2.16. The summed E-state index contributed by atoms with van der Waals surface area (Å²) in [5, 5.41) is 5.71. The average Bonchev–Trinajstić information content (AvgIpc) is 2.95. The van der Waals surface area contributed by atoms with Crippen LogP contribution in [0, 0.1) is 6.92 Å². The van der Waals surface area contributed by atoms with E-state index in [4.69, 9.17) is 4.74 Å². The quantitative estimate of drug-likeness (QED) is 0.630. The molecule has 0 aliphatic carbocycles. The number of rotatable bonds is 7. The SMILES string of the molecule is C=CCNC(=O)/C=C/c1ccc(OCc2csc(C)n2)cc1. The monoisotopic (exact) mass is 314 g/mol. The van der Waals surface area contributed by atoms with Crippen LogP contribution >= 0.6 is 11.3 Å². The molecule has 0 unspecified atom stereocenters. The number of amides is 1. The van der Waals surface area contributed by atoms with E-state index in [0.29, 0.717) is 13.2 Å². The maximum Gasteiger partial charge on any atom is 0.244 e. The van der Waals surface area contributed by atoms with Gasteiger partial charge in [0.15, 0.2) is 0 Å². The first-order chi connectivity index (χ1) is 10.7. The summed E-state index contributed by atoms with van der Waals surface area (Å²) >= 11 is 1.61. The second-order valence-electron chi connectivity index (χ2n) is 4.58. The van der Waals surface area contributed by atoms with Gasteiger partial charge in [0.05, 0.1) is 10.7 Å². The lowest BCUT2D eigenvalue weighted by Gasteiger charge is -2.04. The largest absolute Gasteiger partial charge is 0.487 e. The zero-order valence-electron chi connectivity index (χ0n) is 12.4. The van der Waals surface area contributed by atoms with E-state index in [1.54, 1.807) is 23.5 Å². The maximum absolute atomic E-state index is 11.4. The molecule has 2 aromatic rings. The minimum Gasteiger partial charge on any atom is -0.487 e. The number of benzene rings is 1. The number of hydrogen-bond donors (Lipinski definition) is 1. The number of ether oxygens (including phenoxy) is 1. The van der Waals surface area contributed by atoms with Crippen molar-refractivity contribution in [2.45, 2.75) is 13.5 Å². The van der Waals surface area contributed by atoms with Crippen molar-refractivity contribution in [1.82, 2.24) is 10.3 Å². The number of carbonyl (C=O) groups excluding carboxylic acids is 1. The minimum absolute atomic E-state index is 0.140. The first kappa shape index (κ1) is 16.0. The molecule has 1 aromatic heterocycles. The van der Waals surface area contributed by atoms with Crippen molar-refractivity contribution >= 4 is 23.3 Å². The van der Waals surface area contributed by atoms with Crippen LogP contribution < -0.4 is 10.1 Å². The number of thiazole rings is 1. The van der Waals surface area contributed by atoms with Crippen LogP contribution in [0.5, 0.6) is 5.75 Å². The lowest BCUT2D eigenvalue weighted by atomic mass is 10.2. The smallest absolute Gasteiger partial charge is 0.244 e. The van der Waals surface area contributed by atoms with Gasteiger partial charge in [-0.3, -0.25) is 4.79 Å². The van der Waals surface area contributed by atoms with E-state index >= 15 is 0 Å². The highest BCUT2D eigenvalue weighted by molar-refractivity contribution is 7.09. The van der Waals surface area contributed by atoms with E-state index in [9.17, 15) is 4.79 Å². The minimum atomic E-state index is -0.140. The number of aryl methyl sites for hydroxylation is 1. The lowest BCUT2D eigenvalue weighted by molar-refractivity contribution is -0.116. The van der Waals surface area contributed by atoms with Gasteiger partial charge in [-0.05, 0) is 30.7 Å². The highest BCUT2D eigenvalue weighted by atomic mass is 32.1. The molecule has 1 N–H and O–H groups in total. The third kappa shape index (κ3) is 5.18. The van der Waals surface area contributed by atoms with Gasteiger partial charge in [-0.15, -0.1) is 17.9 Å². The van der Waals surface area contributed by atoms with Crippen LogP contribution in [0.15, 0.2) is 48.4 Å². The van der Waals surface area contributed by atoms with Crippen LogP contribution in [-0.2, 0) is 11.4 Å². The molecule has 1 heterocycles. The van der Waals surface area contributed by atoms with E-state index < -0.39 is 0 Å². The summed E-state index contributed by atoms with van der Waals surface area (Å²) in [7, 11) is 0. The van der Waals surface area contributed by atoms with Gasteiger partial charge >= 0.3 is 0 Å². The van der Waals surface area contributed by atoms with E-state index in [2.05, 4.69) is 16.9 Å². The average molecular weight is 314 g/mol. The molecule has 0 fully saturated rings. The molecule has 5 heteroatoms. The van der Waals surface area contributed by atoms with Gasteiger partial charge in [-0.25, -0.2) is 4.98 Å². The van der Waals surface area contributed by atoms with Gasteiger partial charge in [0, 0.05) is 18.0 Å². The fraction of sp³-hybridized carbons (Fsp3) is 0.176. The van der Waals surface area contributed by atoms with Gasteiger partial charge in [0.1, 0.15) is 12.4 Å². The van der Waals surface area contributed by atoms with Crippen LogP contribution in [0.3, 0.4) is 0 Å². The van der Waals surface area contributed by atoms with Crippen molar-refractivity contribution in [3.05, 3.63) is 64.6 Å². The van der Waals surface area contributed by atoms with E-state index in [1.165, 1.54) is 6.08 Å². The van der Waals surface area contributed by atoms with Crippen LogP contribution in [0.25, 0.3) is 6.08 Å². The maximum atomic E-state index is 11.4. The molecule has 0 atom stereocenters. The summed E-state index contributed by atoms with van der Waals surface area (Å²) in [5.41, 5.74) is 1.87. The number of aromatic nitrogens is 1. The predicted octanol–water partition coefficient (Wildman–Crippen LogP) is 3.35. The van der Waals surface area contributed by atoms with Crippen LogP contribution in [0.1, 0.15) is 16.3 Å². The van der Waals surface area contributed by atoms with Crippen LogP contribution in [-0.4, -0.2) is 17.4 Å². The molecule has 0 radical (unpaired) electrons. The van der Waals surface area contributed by atoms with Gasteiger partial charge < -0.3 is 10.1 Å². The Hall–Kier alpha value is -2.40. The molecule has 0 spiro atoms. The Balaban J connectivity index is 1.85. The first-order valence-corrected chi connectivity index (χ1v) is 7.76. The van der Waals surface area contributed by atoms with Crippen molar-refractivity contribution in [2.75, 3.05) is 6.54 Å². The number of hydrogen-bond acceptors (Lipinski definition) is 4. The third-order valence-electron chi connectivity index (χ3n) is 2.78. The normalized spacial score (nSPS) is 10.6. The summed E-state index contributed by atoms with van der Waals surface area (Å²) in [6.07, 6.45) is 4.89. The summed E-state index contributed by atoms with van der Waals surface area (Å²) in [4.78, 5) is 15.8. The zero-order valence-corrected chi connectivity index (χ0v) is 13.2. The van der Waals surface area contributed by atoms with Crippen molar-refractivity contribution in [1.29, 1.82) is 0 Å². The molecule has 22 heavy (non-hydrogen) atoms.